The number of rotatable bonds is 4. The molecule has 0 spiro atoms. The summed E-state index contributed by atoms with van der Waals surface area (Å²) < 4.78 is 5.79. The summed E-state index contributed by atoms with van der Waals surface area (Å²) in [6.07, 6.45) is 2.37. The predicted octanol–water partition coefficient (Wildman–Crippen LogP) is 3.54. The first-order valence-corrected chi connectivity index (χ1v) is 10.0. The fraction of sp³-hybridized carbons (Fsp3) is 0.391. The predicted molar refractivity (Wildman–Crippen MR) is 108 cm³/mol. The zero-order chi connectivity index (χ0) is 19.3. The van der Waals surface area contributed by atoms with E-state index in [1.807, 2.05) is 53.4 Å². The van der Waals surface area contributed by atoms with Gasteiger partial charge in [-0.2, -0.15) is 0 Å². The van der Waals surface area contributed by atoms with Crippen LogP contribution in [0.5, 0.6) is 5.75 Å². The quantitative estimate of drug-likeness (QED) is 0.828. The summed E-state index contributed by atoms with van der Waals surface area (Å²) in [6.45, 7) is 2.49. The molecule has 2 aromatic rings. The Morgan fingerprint density at radius 2 is 1.71 bits per heavy atom. The maximum Gasteiger partial charge on any atom is 0.317 e. The van der Waals surface area contributed by atoms with Gasteiger partial charge in [0.25, 0.3) is 0 Å². The van der Waals surface area contributed by atoms with Crippen LogP contribution in [0.2, 0.25) is 0 Å². The number of likely N-dealkylation sites (tertiary alicyclic amines) is 1. The fourth-order valence-electron chi connectivity index (χ4n) is 4.05. The number of nitrogens with one attached hydrogen (secondary N) is 1. The van der Waals surface area contributed by atoms with Gasteiger partial charge in [-0.05, 0) is 30.9 Å². The molecule has 5 heteroatoms. The van der Waals surface area contributed by atoms with Gasteiger partial charge in [0, 0.05) is 37.0 Å². The average Bonchev–Trinajstić information content (AvgIpc) is 2.77. The molecule has 1 fully saturated rings. The van der Waals surface area contributed by atoms with Gasteiger partial charge in [0.15, 0.2) is 5.78 Å². The summed E-state index contributed by atoms with van der Waals surface area (Å²) in [5, 5.41) is 3.05. The molecule has 1 unspecified atom stereocenters. The van der Waals surface area contributed by atoms with E-state index in [-0.39, 0.29) is 23.7 Å². The van der Waals surface area contributed by atoms with Crippen LogP contribution < -0.4 is 10.1 Å². The summed E-state index contributed by atoms with van der Waals surface area (Å²) in [5.41, 5.74) is 1.97. The molecule has 2 aliphatic rings. The second-order valence-electron chi connectivity index (χ2n) is 7.67. The smallest absolute Gasteiger partial charge is 0.317 e. The molecule has 2 aromatic carbocycles. The Labute approximate surface area is 165 Å². The molecule has 2 heterocycles. The number of nitrogens with zero attached hydrogens (tertiary/aromatic N) is 1. The molecule has 0 aliphatic carbocycles. The first-order valence-electron chi connectivity index (χ1n) is 10.0. The lowest BCUT2D eigenvalue weighted by molar-refractivity contribution is 0.0853. The second-order valence-corrected chi connectivity index (χ2v) is 7.67. The van der Waals surface area contributed by atoms with Crippen LogP contribution >= 0.6 is 0 Å². The average molecular weight is 378 g/mol. The molecular formula is C23H26N2O3. The summed E-state index contributed by atoms with van der Waals surface area (Å²) in [7, 11) is 0. The molecule has 146 valence electrons. The normalized spacial score (nSPS) is 19.4. The highest BCUT2D eigenvalue weighted by Crippen LogP contribution is 2.26. The van der Waals surface area contributed by atoms with Crippen LogP contribution in [0.1, 0.15) is 28.8 Å². The van der Waals surface area contributed by atoms with Crippen molar-refractivity contribution in [2.24, 2.45) is 11.8 Å². The number of carbonyl (C=O) groups excluding carboxylic acids is 2. The number of benzene rings is 2. The van der Waals surface area contributed by atoms with Crippen LogP contribution in [0.25, 0.3) is 0 Å². The van der Waals surface area contributed by atoms with E-state index >= 15 is 0 Å². The molecule has 2 aliphatic heterocycles. The van der Waals surface area contributed by atoms with Gasteiger partial charge >= 0.3 is 6.03 Å². The zero-order valence-corrected chi connectivity index (χ0v) is 16.0. The van der Waals surface area contributed by atoms with Gasteiger partial charge < -0.3 is 15.0 Å². The van der Waals surface area contributed by atoms with Crippen molar-refractivity contribution in [1.82, 2.24) is 10.2 Å². The highest BCUT2D eigenvalue weighted by Gasteiger charge is 2.28. The minimum absolute atomic E-state index is 0.00898. The maximum atomic E-state index is 12.6. The van der Waals surface area contributed by atoms with Crippen LogP contribution in [0.3, 0.4) is 0 Å². The molecule has 0 radical (unpaired) electrons. The van der Waals surface area contributed by atoms with E-state index in [9.17, 15) is 9.59 Å². The van der Waals surface area contributed by atoms with E-state index < -0.39 is 0 Å². The Morgan fingerprint density at radius 3 is 2.50 bits per heavy atom. The topological polar surface area (TPSA) is 58.6 Å². The van der Waals surface area contributed by atoms with Crippen LogP contribution in [-0.2, 0) is 6.42 Å². The molecule has 2 amide bonds. The molecule has 1 atom stereocenters. The van der Waals surface area contributed by atoms with Gasteiger partial charge in [-0.1, -0.05) is 48.5 Å². The summed E-state index contributed by atoms with van der Waals surface area (Å²) >= 11 is 0. The van der Waals surface area contributed by atoms with Gasteiger partial charge in [-0.3, -0.25) is 4.79 Å². The zero-order valence-electron chi connectivity index (χ0n) is 16.0. The number of carbonyl (C=O) groups is 2. The standard InChI is InChI=1S/C23H26N2O3/c26-22(18-6-2-1-3-7-18)19-10-12-25(13-11-19)23(27)24-15-17-14-20-8-4-5-9-21(20)28-16-17/h1-9,17,19H,10-16H2,(H,24,27). The lowest BCUT2D eigenvalue weighted by Crippen LogP contribution is -2.47. The lowest BCUT2D eigenvalue weighted by Gasteiger charge is -2.32. The molecule has 0 aromatic heterocycles. The maximum absolute atomic E-state index is 12.6. The van der Waals surface area contributed by atoms with Crippen molar-refractivity contribution in [3.05, 3.63) is 65.7 Å². The van der Waals surface area contributed by atoms with Crippen molar-refractivity contribution < 1.29 is 14.3 Å². The van der Waals surface area contributed by atoms with Gasteiger partial charge in [-0.25, -0.2) is 4.79 Å². The summed E-state index contributed by atoms with van der Waals surface area (Å²) in [6, 6.07) is 17.5. The molecule has 0 saturated carbocycles. The summed E-state index contributed by atoms with van der Waals surface area (Å²) in [4.78, 5) is 26.9. The van der Waals surface area contributed by atoms with Crippen molar-refractivity contribution >= 4 is 11.8 Å². The van der Waals surface area contributed by atoms with E-state index in [1.54, 1.807) is 0 Å². The number of piperidine rings is 1. The third-order valence-corrected chi connectivity index (χ3v) is 5.71. The molecule has 0 bridgehead atoms. The SMILES string of the molecule is O=C(c1ccccc1)C1CCN(C(=O)NCC2COc3ccccc3C2)CC1. The van der Waals surface area contributed by atoms with E-state index in [4.69, 9.17) is 4.74 Å². The first-order chi connectivity index (χ1) is 13.7. The Morgan fingerprint density at radius 1 is 1.00 bits per heavy atom. The van der Waals surface area contributed by atoms with Gasteiger partial charge in [0.2, 0.25) is 0 Å². The number of ether oxygens (including phenoxy) is 1. The third-order valence-electron chi connectivity index (χ3n) is 5.71. The monoisotopic (exact) mass is 378 g/mol. The minimum atomic E-state index is -0.0375. The van der Waals surface area contributed by atoms with Crippen LogP contribution in [0, 0.1) is 11.8 Å². The number of hydrogen-bond acceptors (Lipinski definition) is 3. The molecule has 4 rings (SSSR count). The van der Waals surface area contributed by atoms with Crippen molar-refractivity contribution in [2.45, 2.75) is 19.3 Å². The van der Waals surface area contributed by atoms with E-state index in [1.165, 1.54) is 5.56 Å². The van der Waals surface area contributed by atoms with E-state index in [0.29, 0.717) is 26.2 Å². The van der Waals surface area contributed by atoms with Crippen molar-refractivity contribution in [2.75, 3.05) is 26.2 Å². The number of ketones is 1. The van der Waals surface area contributed by atoms with Crippen molar-refractivity contribution in [1.29, 1.82) is 0 Å². The van der Waals surface area contributed by atoms with Crippen molar-refractivity contribution in [3.63, 3.8) is 0 Å². The van der Waals surface area contributed by atoms with Crippen LogP contribution in [-0.4, -0.2) is 43.0 Å². The van der Waals surface area contributed by atoms with Gasteiger partial charge in [0.05, 0.1) is 6.61 Å². The van der Waals surface area contributed by atoms with Gasteiger partial charge in [0.1, 0.15) is 5.75 Å². The van der Waals surface area contributed by atoms with E-state index in [0.717, 1.165) is 30.6 Å². The Hall–Kier alpha value is -2.82. The largest absolute Gasteiger partial charge is 0.493 e. The van der Waals surface area contributed by atoms with E-state index in [2.05, 4.69) is 11.4 Å². The fourth-order valence-corrected chi connectivity index (χ4v) is 4.05. The Balaban J connectivity index is 1.23. The highest BCUT2D eigenvalue weighted by atomic mass is 16.5. The number of hydrogen-bond donors (Lipinski definition) is 1. The Kier molecular flexibility index (Phi) is 5.60. The molecule has 1 saturated heterocycles. The summed E-state index contributed by atoms with van der Waals surface area (Å²) in [5.74, 6) is 1.44. The minimum Gasteiger partial charge on any atom is -0.493 e. The third kappa shape index (κ3) is 4.19. The first kappa shape index (κ1) is 18.5. The number of amides is 2. The number of Topliss-reactive ketones (excluding diaryl/α,β-unsaturated/α-hetero) is 1. The molecule has 28 heavy (non-hydrogen) atoms. The molecule has 1 N–H and O–H groups in total. The van der Waals surface area contributed by atoms with Crippen molar-refractivity contribution in [3.8, 4) is 5.75 Å². The number of para-hydroxylation sites is 1. The lowest BCUT2D eigenvalue weighted by atomic mass is 9.89. The molecule has 5 nitrogen and oxygen atoms in total. The number of urea groups is 1. The van der Waals surface area contributed by atoms with Crippen LogP contribution in [0.4, 0.5) is 4.79 Å². The Bertz CT molecular complexity index is 829. The number of fused-ring (bicyclic) bond motifs is 1. The second kappa shape index (κ2) is 8.46. The van der Waals surface area contributed by atoms with Gasteiger partial charge in [-0.15, -0.1) is 0 Å². The highest BCUT2D eigenvalue weighted by molar-refractivity contribution is 5.97. The molecular weight excluding hydrogens is 352 g/mol. The van der Waals surface area contributed by atoms with Crippen LogP contribution in [0.15, 0.2) is 54.6 Å².